The maximum Gasteiger partial charge on any atom is 0.211 e. The van der Waals surface area contributed by atoms with E-state index in [9.17, 15) is 8.42 Å². The fourth-order valence-electron chi connectivity index (χ4n) is 3.91. The number of nitrogens with two attached hydrogens (primary N) is 1. The summed E-state index contributed by atoms with van der Waals surface area (Å²) in [5, 5.41) is 4.90. The van der Waals surface area contributed by atoms with Crippen LogP contribution < -0.4 is 5.14 Å². The maximum atomic E-state index is 10.7. The van der Waals surface area contributed by atoms with Gasteiger partial charge in [0, 0.05) is 0 Å². The van der Waals surface area contributed by atoms with Gasteiger partial charge in [-0.25, -0.2) is 13.6 Å². The Bertz CT molecular complexity index is 448. The molecule has 0 heterocycles. The molecule has 2 rings (SSSR count). The van der Waals surface area contributed by atoms with Crippen LogP contribution in [0.5, 0.6) is 0 Å². The third-order valence-electron chi connectivity index (χ3n) is 5.77. The molecule has 0 radical (unpaired) electrons. The summed E-state index contributed by atoms with van der Waals surface area (Å²) in [6, 6.07) is 0. The van der Waals surface area contributed by atoms with Crippen LogP contribution in [-0.2, 0) is 19.5 Å². The van der Waals surface area contributed by atoms with Crippen LogP contribution in [0.2, 0.25) is 0 Å². The molecule has 20 heavy (non-hydrogen) atoms. The minimum atomic E-state index is -3.42. The van der Waals surface area contributed by atoms with E-state index < -0.39 is 10.0 Å². The number of sulfonamides is 1. The first-order valence-electron chi connectivity index (χ1n) is 7.37. The van der Waals surface area contributed by atoms with Crippen molar-refractivity contribution in [2.45, 2.75) is 46.1 Å². The highest BCUT2D eigenvalue weighted by molar-refractivity contribution is 7.89. The monoisotopic (exact) mass is 305 g/mol. The summed E-state index contributed by atoms with van der Waals surface area (Å²) in [5.74, 6) is 0.629. The highest BCUT2D eigenvalue weighted by Crippen LogP contribution is 2.66. The van der Waals surface area contributed by atoms with Gasteiger partial charge in [0.15, 0.2) is 0 Å². The molecule has 0 spiro atoms. The van der Waals surface area contributed by atoms with Crippen LogP contribution in [0.15, 0.2) is 0 Å². The number of fused-ring (bicyclic) bond motifs is 2. The van der Waals surface area contributed by atoms with E-state index in [1.807, 2.05) is 0 Å². The minimum Gasteiger partial charge on any atom is -0.378 e. The van der Waals surface area contributed by atoms with E-state index in [0.717, 1.165) is 12.3 Å². The average Bonchev–Trinajstić information content (AvgIpc) is 2.65. The summed E-state index contributed by atoms with van der Waals surface area (Å²) in [6.45, 7) is 8.14. The Labute approximate surface area is 122 Å². The van der Waals surface area contributed by atoms with Gasteiger partial charge >= 0.3 is 0 Å². The highest BCUT2D eigenvalue weighted by atomic mass is 32.2. The SMILES string of the molecule is CC1(C)C2CCC1(C)C(OCCOCCS(N)(=O)=O)C2. The lowest BCUT2D eigenvalue weighted by molar-refractivity contribution is -0.0634. The first kappa shape index (κ1) is 16.2. The lowest BCUT2D eigenvalue weighted by Crippen LogP contribution is -2.37. The number of primary sulfonamides is 1. The van der Waals surface area contributed by atoms with Gasteiger partial charge in [0.1, 0.15) is 0 Å². The molecule has 0 saturated heterocycles. The first-order chi connectivity index (χ1) is 9.17. The van der Waals surface area contributed by atoms with Gasteiger partial charge < -0.3 is 9.47 Å². The summed E-state index contributed by atoms with van der Waals surface area (Å²) in [5.41, 5.74) is 0.615. The zero-order chi connectivity index (χ0) is 15.0. The highest BCUT2D eigenvalue weighted by Gasteiger charge is 2.61. The van der Waals surface area contributed by atoms with Crippen molar-refractivity contribution in [3.8, 4) is 0 Å². The van der Waals surface area contributed by atoms with E-state index in [0.29, 0.717) is 24.7 Å². The van der Waals surface area contributed by atoms with Gasteiger partial charge in [-0.2, -0.15) is 0 Å². The van der Waals surface area contributed by atoms with Crippen molar-refractivity contribution in [2.75, 3.05) is 25.6 Å². The zero-order valence-electron chi connectivity index (χ0n) is 12.7. The smallest absolute Gasteiger partial charge is 0.211 e. The van der Waals surface area contributed by atoms with Gasteiger partial charge in [-0.3, -0.25) is 0 Å². The second kappa shape index (κ2) is 5.55. The molecular weight excluding hydrogens is 278 g/mol. The summed E-state index contributed by atoms with van der Waals surface area (Å²) < 4.78 is 32.7. The van der Waals surface area contributed by atoms with Crippen LogP contribution in [0, 0.1) is 16.7 Å². The van der Waals surface area contributed by atoms with Crippen molar-refractivity contribution in [2.24, 2.45) is 21.9 Å². The second-order valence-corrected chi connectivity index (χ2v) is 8.68. The molecule has 3 unspecified atom stereocenters. The Morgan fingerprint density at radius 2 is 1.90 bits per heavy atom. The zero-order valence-corrected chi connectivity index (χ0v) is 13.5. The summed E-state index contributed by atoms with van der Waals surface area (Å²) in [6.07, 6.45) is 3.99. The van der Waals surface area contributed by atoms with Gasteiger partial charge in [-0.1, -0.05) is 20.8 Å². The molecule has 2 N–H and O–H groups in total. The Morgan fingerprint density at radius 1 is 1.20 bits per heavy atom. The average molecular weight is 305 g/mol. The molecule has 5 nitrogen and oxygen atoms in total. The molecule has 2 aliphatic carbocycles. The van der Waals surface area contributed by atoms with Gasteiger partial charge in [0.05, 0.1) is 31.7 Å². The first-order valence-corrected chi connectivity index (χ1v) is 9.08. The molecule has 0 aromatic heterocycles. The Hall–Kier alpha value is -0.170. The van der Waals surface area contributed by atoms with Crippen LogP contribution in [0.4, 0.5) is 0 Å². The Kier molecular flexibility index (Phi) is 4.50. The lowest BCUT2D eigenvalue weighted by Gasteiger charge is -2.38. The van der Waals surface area contributed by atoms with E-state index in [4.69, 9.17) is 14.6 Å². The Balaban J connectivity index is 1.69. The number of rotatable bonds is 7. The van der Waals surface area contributed by atoms with E-state index >= 15 is 0 Å². The molecule has 3 atom stereocenters. The van der Waals surface area contributed by atoms with Crippen molar-refractivity contribution >= 4 is 10.0 Å². The molecule has 2 bridgehead atoms. The maximum absolute atomic E-state index is 10.7. The fraction of sp³-hybridized carbons (Fsp3) is 1.00. The van der Waals surface area contributed by atoms with Crippen molar-refractivity contribution < 1.29 is 17.9 Å². The normalized spacial score (nSPS) is 35.6. The predicted molar refractivity (Wildman–Crippen MR) is 77.8 cm³/mol. The van der Waals surface area contributed by atoms with Gasteiger partial charge in [-0.05, 0) is 36.0 Å². The summed E-state index contributed by atoms with van der Waals surface area (Å²) in [4.78, 5) is 0. The molecule has 0 amide bonds. The van der Waals surface area contributed by atoms with Crippen LogP contribution >= 0.6 is 0 Å². The van der Waals surface area contributed by atoms with Crippen molar-refractivity contribution in [3.05, 3.63) is 0 Å². The summed E-state index contributed by atoms with van der Waals surface area (Å²) in [7, 11) is -3.42. The third kappa shape index (κ3) is 3.03. The molecule has 0 aliphatic heterocycles. The molecule has 0 aromatic carbocycles. The van der Waals surface area contributed by atoms with E-state index in [-0.39, 0.29) is 17.8 Å². The lowest BCUT2D eigenvalue weighted by atomic mass is 9.70. The van der Waals surface area contributed by atoms with Crippen LogP contribution in [0.25, 0.3) is 0 Å². The summed E-state index contributed by atoms with van der Waals surface area (Å²) >= 11 is 0. The Morgan fingerprint density at radius 3 is 2.40 bits per heavy atom. The third-order valence-corrected chi connectivity index (χ3v) is 6.51. The topological polar surface area (TPSA) is 78.6 Å². The van der Waals surface area contributed by atoms with Crippen LogP contribution in [0.1, 0.15) is 40.0 Å². The molecule has 2 saturated carbocycles. The van der Waals surface area contributed by atoms with Gasteiger partial charge in [0.25, 0.3) is 0 Å². The fourth-order valence-corrected chi connectivity index (χ4v) is 4.26. The quantitative estimate of drug-likeness (QED) is 0.723. The number of hydrogen-bond donors (Lipinski definition) is 1. The second-order valence-electron chi connectivity index (χ2n) is 6.95. The van der Waals surface area contributed by atoms with Crippen molar-refractivity contribution in [1.29, 1.82) is 0 Å². The molecule has 118 valence electrons. The van der Waals surface area contributed by atoms with E-state index in [1.165, 1.54) is 12.8 Å². The van der Waals surface area contributed by atoms with Crippen molar-refractivity contribution in [3.63, 3.8) is 0 Å². The van der Waals surface area contributed by atoms with Gasteiger partial charge in [0.2, 0.25) is 10.0 Å². The van der Waals surface area contributed by atoms with Crippen LogP contribution in [-0.4, -0.2) is 40.1 Å². The minimum absolute atomic E-state index is 0.136. The van der Waals surface area contributed by atoms with Crippen molar-refractivity contribution in [1.82, 2.24) is 0 Å². The van der Waals surface area contributed by atoms with E-state index in [1.54, 1.807) is 0 Å². The van der Waals surface area contributed by atoms with Crippen LogP contribution in [0.3, 0.4) is 0 Å². The molecule has 6 heteroatoms. The standard InChI is InChI=1S/C14H27NO4S/c1-13(2)11-4-5-14(13,3)12(10-11)19-7-6-18-8-9-20(15,16)17/h11-12H,4-10H2,1-3H3,(H2,15,16,17). The molecule has 0 aromatic rings. The predicted octanol–water partition coefficient (Wildman–Crippen LogP) is 1.52. The molecule has 2 aliphatic rings. The number of ether oxygens (including phenoxy) is 2. The van der Waals surface area contributed by atoms with Gasteiger partial charge in [-0.15, -0.1) is 0 Å². The largest absolute Gasteiger partial charge is 0.378 e. The molecule has 2 fully saturated rings. The van der Waals surface area contributed by atoms with E-state index in [2.05, 4.69) is 20.8 Å². The molecular formula is C14H27NO4S. The number of hydrogen-bond acceptors (Lipinski definition) is 4.